The summed E-state index contributed by atoms with van der Waals surface area (Å²) in [5, 5.41) is 0.972. The van der Waals surface area contributed by atoms with Crippen molar-refractivity contribution in [3.8, 4) is 22.6 Å². The lowest BCUT2D eigenvalue weighted by Crippen LogP contribution is -2.17. The van der Waals surface area contributed by atoms with Crippen LogP contribution >= 0.6 is 23.2 Å². The highest BCUT2D eigenvalue weighted by Gasteiger charge is 2.17. The molecule has 0 heterocycles. The molecule has 0 bridgehead atoms. The number of rotatable bonds is 13. The van der Waals surface area contributed by atoms with Crippen LogP contribution < -0.4 is 20.9 Å². The van der Waals surface area contributed by atoms with Gasteiger partial charge < -0.3 is 25.7 Å². The van der Waals surface area contributed by atoms with Crippen LogP contribution in [0.15, 0.2) is 78.9 Å². The lowest BCUT2D eigenvalue weighted by Gasteiger charge is -2.20. The summed E-state index contributed by atoms with van der Waals surface area (Å²) in [4.78, 5) is 11.1. The van der Waals surface area contributed by atoms with Crippen LogP contribution in [0, 0.1) is 13.8 Å². The van der Waals surface area contributed by atoms with Gasteiger partial charge in [0.15, 0.2) is 5.75 Å². The van der Waals surface area contributed by atoms with Gasteiger partial charge in [-0.05, 0) is 90.0 Å². The number of primary amides is 1. The topological polar surface area (TPSA) is 96.8 Å². The van der Waals surface area contributed by atoms with Gasteiger partial charge in [-0.3, -0.25) is 0 Å². The minimum Gasteiger partial charge on any atom is -0.490 e. The van der Waals surface area contributed by atoms with Gasteiger partial charge in [-0.2, -0.15) is 0 Å². The van der Waals surface area contributed by atoms with E-state index in [1.165, 1.54) is 11.1 Å². The Morgan fingerprint density at radius 1 is 0.884 bits per heavy atom. The molecule has 8 heteroatoms. The average molecular weight is 622 g/mol. The molecule has 6 nitrogen and oxygen atoms in total. The molecule has 0 saturated heterocycles. The van der Waals surface area contributed by atoms with Gasteiger partial charge in [0.1, 0.15) is 19.0 Å². The first-order valence-corrected chi connectivity index (χ1v) is 15.0. The van der Waals surface area contributed by atoms with Crippen LogP contribution in [-0.2, 0) is 11.2 Å². The molecule has 0 fully saturated rings. The van der Waals surface area contributed by atoms with Crippen molar-refractivity contribution in [1.29, 1.82) is 0 Å². The Morgan fingerprint density at radius 2 is 1.53 bits per heavy atom. The number of aryl methyl sites for hydroxylation is 2. The van der Waals surface area contributed by atoms with Crippen LogP contribution in [0.1, 0.15) is 46.6 Å². The number of amides is 1. The summed E-state index contributed by atoms with van der Waals surface area (Å²) >= 11 is 12.5. The molecule has 0 radical (unpaired) electrons. The third kappa shape index (κ3) is 8.66. The van der Waals surface area contributed by atoms with Crippen molar-refractivity contribution < 1.29 is 19.0 Å². The molecular formula is C35H38Cl2N2O4. The van der Waals surface area contributed by atoms with Crippen molar-refractivity contribution in [2.45, 2.75) is 39.0 Å². The first-order chi connectivity index (χ1) is 20.7. The van der Waals surface area contributed by atoms with Crippen molar-refractivity contribution in [3.63, 3.8) is 0 Å². The van der Waals surface area contributed by atoms with Crippen molar-refractivity contribution in [1.82, 2.24) is 0 Å². The van der Waals surface area contributed by atoms with Crippen molar-refractivity contribution in [2.75, 3.05) is 26.4 Å². The summed E-state index contributed by atoms with van der Waals surface area (Å²) in [7, 11) is 0. The number of hydrogen-bond acceptors (Lipinski definition) is 5. The monoisotopic (exact) mass is 620 g/mol. The molecule has 4 N–H and O–H groups in total. The first kappa shape index (κ1) is 32.2. The minimum absolute atomic E-state index is 0.00447. The predicted molar refractivity (Wildman–Crippen MR) is 175 cm³/mol. The fourth-order valence-electron chi connectivity index (χ4n) is 5.28. The standard InChI is InChI=1S/C35H38Cl2N2O4/c1-22-17-31(36)34(32(37)18-22)42-16-15-41-29-13-7-25(8-14-29)19-28(20-38)26-9-11-27(12-10-26)30-6-4-5-23(2)33(30)24(3)21-43-35(39)40/h4-14,17-18,24,28H,15-16,19-21,38H2,1-3H3,(H2,39,40). The third-order valence-electron chi connectivity index (χ3n) is 7.42. The third-order valence-corrected chi connectivity index (χ3v) is 7.98. The highest BCUT2D eigenvalue weighted by atomic mass is 35.5. The number of ether oxygens (including phenoxy) is 3. The molecule has 2 atom stereocenters. The van der Waals surface area contributed by atoms with Crippen LogP contribution in [0.3, 0.4) is 0 Å². The number of carbonyl (C=O) groups excluding carboxylic acids is 1. The van der Waals surface area contributed by atoms with Crippen molar-refractivity contribution in [2.24, 2.45) is 11.5 Å². The molecule has 4 aromatic rings. The van der Waals surface area contributed by atoms with Crippen molar-refractivity contribution >= 4 is 29.3 Å². The Balaban J connectivity index is 1.36. The SMILES string of the molecule is Cc1cc(Cl)c(OCCOc2ccc(CC(CN)c3ccc(-c4cccc(C)c4C(C)COC(N)=O)cc3)cc2)c(Cl)c1. The maximum Gasteiger partial charge on any atom is 0.404 e. The molecule has 226 valence electrons. The number of carbonyl (C=O) groups is 1. The number of halogens is 2. The van der Waals surface area contributed by atoms with E-state index in [1.807, 2.05) is 44.2 Å². The maximum absolute atomic E-state index is 11.1. The molecule has 2 unspecified atom stereocenters. The Labute approximate surface area is 263 Å². The summed E-state index contributed by atoms with van der Waals surface area (Å²) < 4.78 is 16.7. The summed E-state index contributed by atoms with van der Waals surface area (Å²) in [6.45, 7) is 7.47. The van der Waals surface area contributed by atoms with Gasteiger partial charge in [0, 0.05) is 11.8 Å². The fourth-order valence-corrected chi connectivity index (χ4v) is 5.99. The highest BCUT2D eigenvalue weighted by Crippen LogP contribution is 2.35. The largest absolute Gasteiger partial charge is 0.490 e. The van der Waals surface area contributed by atoms with Gasteiger partial charge in [-0.15, -0.1) is 0 Å². The number of benzene rings is 4. The quantitative estimate of drug-likeness (QED) is 0.147. The van der Waals surface area contributed by atoms with Gasteiger partial charge in [0.25, 0.3) is 0 Å². The molecule has 0 aliphatic rings. The maximum atomic E-state index is 11.1. The molecule has 0 aliphatic heterocycles. The second kappa shape index (κ2) is 15.1. The summed E-state index contributed by atoms with van der Waals surface area (Å²) in [6.07, 6.45) is 0.0437. The van der Waals surface area contributed by atoms with E-state index in [-0.39, 0.29) is 18.4 Å². The van der Waals surface area contributed by atoms with Gasteiger partial charge in [-0.25, -0.2) is 4.79 Å². The molecule has 4 rings (SSSR count). The highest BCUT2D eigenvalue weighted by molar-refractivity contribution is 6.37. The zero-order valence-electron chi connectivity index (χ0n) is 24.7. The van der Waals surface area contributed by atoms with Crippen LogP contribution in [0.5, 0.6) is 11.5 Å². The lowest BCUT2D eigenvalue weighted by atomic mass is 9.86. The Morgan fingerprint density at radius 3 is 2.16 bits per heavy atom. The molecule has 0 aliphatic carbocycles. The fraction of sp³-hybridized carbons (Fsp3) is 0.286. The van der Waals surface area contributed by atoms with E-state index in [9.17, 15) is 4.79 Å². The lowest BCUT2D eigenvalue weighted by molar-refractivity contribution is 0.151. The normalized spacial score (nSPS) is 12.4. The molecule has 43 heavy (non-hydrogen) atoms. The summed E-state index contributed by atoms with van der Waals surface area (Å²) in [6, 6.07) is 26.5. The van der Waals surface area contributed by atoms with Gasteiger partial charge in [-0.1, -0.05) is 84.7 Å². The summed E-state index contributed by atoms with van der Waals surface area (Å²) in [5.41, 5.74) is 19.2. The minimum atomic E-state index is -0.763. The van der Waals surface area contributed by atoms with E-state index in [1.54, 1.807) is 0 Å². The van der Waals surface area contributed by atoms with E-state index < -0.39 is 6.09 Å². The Bertz CT molecular complexity index is 1500. The van der Waals surface area contributed by atoms with E-state index in [0.29, 0.717) is 35.6 Å². The Hall–Kier alpha value is -3.71. The second-order valence-corrected chi connectivity index (χ2v) is 11.5. The average Bonchev–Trinajstić information content (AvgIpc) is 2.98. The van der Waals surface area contributed by atoms with E-state index in [4.69, 9.17) is 48.9 Å². The van der Waals surface area contributed by atoms with Crippen LogP contribution in [0.4, 0.5) is 4.79 Å². The van der Waals surface area contributed by atoms with Crippen LogP contribution in [-0.4, -0.2) is 32.5 Å². The zero-order valence-corrected chi connectivity index (χ0v) is 26.3. The summed E-state index contributed by atoms with van der Waals surface area (Å²) in [5.74, 6) is 1.40. The van der Waals surface area contributed by atoms with E-state index >= 15 is 0 Å². The first-order valence-electron chi connectivity index (χ1n) is 14.3. The number of nitrogens with two attached hydrogens (primary N) is 2. The van der Waals surface area contributed by atoms with Crippen molar-refractivity contribution in [3.05, 3.63) is 117 Å². The van der Waals surface area contributed by atoms with Gasteiger partial charge in [0.2, 0.25) is 0 Å². The smallest absolute Gasteiger partial charge is 0.404 e. The van der Waals surface area contributed by atoms with Gasteiger partial charge in [0.05, 0.1) is 16.7 Å². The molecule has 4 aromatic carbocycles. The number of hydrogen-bond donors (Lipinski definition) is 2. The van der Waals surface area contributed by atoms with Crippen LogP contribution in [0.25, 0.3) is 11.1 Å². The second-order valence-electron chi connectivity index (χ2n) is 10.7. The van der Waals surface area contributed by atoms with E-state index in [2.05, 4.69) is 55.5 Å². The van der Waals surface area contributed by atoms with Crippen LogP contribution in [0.2, 0.25) is 10.0 Å². The molecule has 0 saturated carbocycles. The Kier molecular flexibility index (Phi) is 11.3. The zero-order chi connectivity index (χ0) is 30.9. The van der Waals surface area contributed by atoms with E-state index in [0.717, 1.165) is 40.0 Å². The predicted octanol–water partition coefficient (Wildman–Crippen LogP) is 8.22. The van der Waals surface area contributed by atoms with Gasteiger partial charge >= 0.3 is 6.09 Å². The molecular weight excluding hydrogens is 583 g/mol. The molecule has 0 spiro atoms. The molecule has 0 aromatic heterocycles. The molecule has 1 amide bonds.